The lowest BCUT2D eigenvalue weighted by atomic mass is 9.96. The van der Waals surface area contributed by atoms with Gasteiger partial charge in [-0.2, -0.15) is 0 Å². The van der Waals surface area contributed by atoms with E-state index < -0.39 is 0 Å². The Bertz CT molecular complexity index is 1180. The van der Waals surface area contributed by atoms with E-state index in [9.17, 15) is 14.0 Å². The van der Waals surface area contributed by atoms with Crippen molar-refractivity contribution in [1.29, 1.82) is 0 Å². The fourth-order valence-electron chi connectivity index (χ4n) is 4.71. The molecule has 3 aromatic rings. The first kappa shape index (κ1) is 19.5. The highest BCUT2D eigenvalue weighted by Gasteiger charge is 2.30. The molecule has 0 radical (unpaired) electrons. The molecule has 5 rings (SSSR count). The van der Waals surface area contributed by atoms with Gasteiger partial charge in [-0.3, -0.25) is 9.59 Å². The van der Waals surface area contributed by atoms with Gasteiger partial charge >= 0.3 is 0 Å². The number of rotatable bonds is 3. The lowest BCUT2D eigenvalue weighted by molar-refractivity contribution is 0.0745. The summed E-state index contributed by atoms with van der Waals surface area (Å²) in [5.74, 6) is -0.286. The van der Waals surface area contributed by atoms with Crippen molar-refractivity contribution in [2.45, 2.75) is 19.4 Å². The summed E-state index contributed by atoms with van der Waals surface area (Å²) < 4.78 is 15.9. The molecule has 0 aliphatic carbocycles. The third kappa shape index (κ3) is 3.52. The van der Waals surface area contributed by atoms with Crippen LogP contribution in [0.5, 0.6) is 0 Å². The Kier molecular flexibility index (Phi) is 5.06. The molecule has 2 aliphatic rings. The van der Waals surface area contributed by atoms with Gasteiger partial charge in [0.2, 0.25) is 0 Å². The van der Waals surface area contributed by atoms with Crippen molar-refractivity contribution in [3.8, 4) is 11.1 Å². The van der Waals surface area contributed by atoms with Gasteiger partial charge < -0.3 is 14.4 Å². The molecule has 0 bridgehead atoms. The highest BCUT2D eigenvalue weighted by atomic mass is 19.1. The molecule has 1 fully saturated rings. The molecular weight excluding hydrogens is 393 g/mol. The van der Waals surface area contributed by atoms with Crippen molar-refractivity contribution < 1.29 is 9.18 Å². The van der Waals surface area contributed by atoms with E-state index in [1.165, 1.54) is 6.07 Å². The van der Waals surface area contributed by atoms with Crippen LogP contribution in [0.2, 0.25) is 0 Å². The lowest BCUT2D eigenvalue weighted by Crippen LogP contribution is -2.49. The van der Waals surface area contributed by atoms with Gasteiger partial charge in [-0.05, 0) is 30.5 Å². The van der Waals surface area contributed by atoms with Gasteiger partial charge in [0, 0.05) is 50.0 Å². The van der Waals surface area contributed by atoms with Gasteiger partial charge in [0.05, 0.1) is 11.3 Å². The molecule has 1 saturated heterocycles. The van der Waals surface area contributed by atoms with E-state index in [0.29, 0.717) is 49.5 Å². The Morgan fingerprint density at radius 1 is 0.871 bits per heavy atom. The second-order valence-electron chi connectivity index (χ2n) is 8.07. The topological polar surface area (TPSA) is 45.6 Å². The van der Waals surface area contributed by atoms with Crippen LogP contribution in [0.4, 0.5) is 10.1 Å². The summed E-state index contributed by atoms with van der Waals surface area (Å²) in [5, 5.41) is 0. The van der Waals surface area contributed by atoms with Crippen LogP contribution in [0, 0.1) is 5.82 Å². The van der Waals surface area contributed by atoms with Crippen LogP contribution in [0.1, 0.15) is 22.5 Å². The number of carbonyl (C=O) groups excluding carboxylic acids is 1. The van der Waals surface area contributed by atoms with Gasteiger partial charge in [0.25, 0.3) is 11.5 Å². The molecule has 0 unspecified atom stereocenters. The van der Waals surface area contributed by atoms with Crippen LogP contribution in [0.15, 0.2) is 65.5 Å². The fourth-order valence-corrected chi connectivity index (χ4v) is 4.71. The van der Waals surface area contributed by atoms with Gasteiger partial charge in [-0.25, -0.2) is 4.39 Å². The summed E-state index contributed by atoms with van der Waals surface area (Å²) >= 11 is 0. The second-order valence-corrected chi connectivity index (χ2v) is 8.07. The molecule has 6 heteroatoms. The second kappa shape index (κ2) is 8.02. The first-order chi connectivity index (χ1) is 15.1. The highest BCUT2D eigenvalue weighted by molar-refractivity contribution is 6.02. The van der Waals surface area contributed by atoms with Crippen molar-refractivity contribution in [3.63, 3.8) is 0 Å². The van der Waals surface area contributed by atoms with Gasteiger partial charge in [-0.15, -0.1) is 0 Å². The SMILES string of the molecule is O=C(c1c(-c2ccccc2)cc(=O)n2c1CCC2)N1CCN(c2ccccc2F)CC1. The van der Waals surface area contributed by atoms with Crippen LogP contribution in [0.3, 0.4) is 0 Å². The first-order valence-corrected chi connectivity index (χ1v) is 10.7. The van der Waals surface area contributed by atoms with Crippen LogP contribution >= 0.6 is 0 Å². The molecule has 1 amide bonds. The fraction of sp³-hybridized carbons (Fsp3) is 0.280. The van der Waals surface area contributed by atoms with Crippen molar-refractivity contribution in [1.82, 2.24) is 9.47 Å². The predicted molar refractivity (Wildman–Crippen MR) is 119 cm³/mol. The summed E-state index contributed by atoms with van der Waals surface area (Å²) in [6.45, 7) is 2.83. The summed E-state index contributed by atoms with van der Waals surface area (Å²) in [4.78, 5) is 30.2. The van der Waals surface area contributed by atoms with Crippen molar-refractivity contribution in [3.05, 3.63) is 88.1 Å². The molecule has 1 aromatic heterocycles. The summed E-state index contributed by atoms with van der Waals surface area (Å²) in [6, 6.07) is 18.0. The van der Waals surface area contributed by atoms with E-state index in [2.05, 4.69) is 0 Å². The number of para-hydroxylation sites is 1. The number of halogens is 1. The first-order valence-electron chi connectivity index (χ1n) is 10.7. The Morgan fingerprint density at radius 2 is 1.58 bits per heavy atom. The third-order valence-corrected chi connectivity index (χ3v) is 6.27. The molecule has 0 N–H and O–H groups in total. The molecule has 5 nitrogen and oxygen atoms in total. The summed E-state index contributed by atoms with van der Waals surface area (Å²) in [7, 11) is 0. The third-order valence-electron chi connectivity index (χ3n) is 6.27. The zero-order valence-corrected chi connectivity index (χ0v) is 17.3. The normalized spacial score (nSPS) is 15.8. The lowest BCUT2D eigenvalue weighted by Gasteiger charge is -2.36. The van der Waals surface area contributed by atoms with Crippen LogP contribution < -0.4 is 10.5 Å². The minimum Gasteiger partial charge on any atom is -0.366 e. The standard InChI is InChI=1S/C25H24FN3O2/c26-20-9-4-5-10-21(20)27-13-15-28(16-14-27)25(31)24-19(18-7-2-1-3-8-18)17-23(30)29-12-6-11-22(24)29/h1-5,7-10,17H,6,11-16H2. The maximum absolute atomic E-state index is 14.2. The number of piperazine rings is 1. The van der Waals surface area contributed by atoms with Crippen molar-refractivity contribution in [2.75, 3.05) is 31.1 Å². The van der Waals surface area contributed by atoms with Crippen LogP contribution in [0.25, 0.3) is 11.1 Å². The smallest absolute Gasteiger partial charge is 0.256 e. The molecule has 0 spiro atoms. The van der Waals surface area contributed by atoms with E-state index in [1.54, 1.807) is 22.8 Å². The Morgan fingerprint density at radius 3 is 2.32 bits per heavy atom. The molecule has 31 heavy (non-hydrogen) atoms. The van der Waals surface area contributed by atoms with Crippen molar-refractivity contribution in [2.24, 2.45) is 0 Å². The van der Waals surface area contributed by atoms with E-state index in [0.717, 1.165) is 24.1 Å². The molecule has 0 saturated carbocycles. The Balaban J connectivity index is 1.47. The number of fused-ring (bicyclic) bond motifs is 1. The van der Waals surface area contributed by atoms with E-state index in [4.69, 9.17) is 0 Å². The van der Waals surface area contributed by atoms with Gasteiger partial charge in [-0.1, -0.05) is 42.5 Å². The predicted octanol–water partition coefficient (Wildman–Crippen LogP) is 3.56. The highest BCUT2D eigenvalue weighted by Crippen LogP contribution is 2.30. The summed E-state index contributed by atoms with van der Waals surface area (Å²) in [5.41, 5.74) is 3.60. The van der Waals surface area contributed by atoms with Crippen LogP contribution in [-0.2, 0) is 13.0 Å². The summed E-state index contributed by atoms with van der Waals surface area (Å²) in [6.07, 6.45) is 1.60. The molecule has 0 atom stereocenters. The zero-order chi connectivity index (χ0) is 21.4. The van der Waals surface area contributed by atoms with Crippen LogP contribution in [-0.4, -0.2) is 41.6 Å². The maximum atomic E-state index is 14.2. The molecular formula is C25H24FN3O2. The molecule has 2 aromatic carbocycles. The number of hydrogen-bond acceptors (Lipinski definition) is 3. The molecule has 3 heterocycles. The minimum atomic E-state index is -0.242. The number of aromatic nitrogens is 1. The molecule has 2 aliphatic heterocycles. The van der Waals surface area contributed by atoms with E-state index in [-0.39, 0.29) is 17.3 Å². The van der Waals surface area contributed by atoms with Gasteiger partial charge in [0.1, 0.15) is 5.82 Å². The quantitative estimate of drug-likeness (QED) is 0.655. The van der Waals surface area contributed by atoms with Gasteiger partial charge in [0.15, 0.2) is 0 Å². The Hall–Kier alpha value is -3.41. The number of anilines is 1. The molecule has 158 valence electrons. The largest absolute Gasteiger partial charge is 0.366 e. The number of carbonyl (C=O) groups is 1. The number of nitrogens with zero attached hydrogens (tertiary/aromatic N) is 3. The van der Waals surface area contributed by atoms with E-state index >= 15 is 0 Å². The number of pyridine rings is 1. The number of hydrogen-bond donors (Lipinski definition) is 0. The monoisotopic (exact) mass is 417 g/mol. The van der Waals surface area contributed by atoms with Crippen molar-refractivity contribution >= 4 is 11.6 Å². The maximum Gasteiger partial charge on any atom is 0.256 e. The Labute approximate surface area is 180 Å². The zero-order valence-electron chi connectivity index (χ0n) is 17.3. The van der Waals surface area contributed by atoms with E-state index in [1.807, 2.05) is 46.2 Å². The number of amides is 1. The average molecular weight is 417 g/mol. The minimum absolute atomic E-state index is 0.0438. The number of benzene rings is 2. The average Bonchev–Trinajstić information content (AvgIpc) is 3.30.